The zero-order chi connectivity index (χ0) is 43.2. The summed E-state index contributed by atoms with van der Waals surface area (Å²) in [5, 5.41) is 4.08. The molecule has 0 radical (unpaired) electrons. The van der Waals surface area contributed by atoms with Crippen molar-refractivity contribution in [2.45, 2.75) is 102 Å². The van der Waals surface area contributed by atoms with Gasteiger partial charge in [-0.15, -0.1) is 0 Å². The van der Waals surface area contributed by atoms with Crippen molar-refractivity contribution in [3.8, 4) is 0 Å². The van der Waals surface area contributed by atoms with E-state index in [1.807, 2.05) is 6.07 Å². The standard InChI is InChI=1S/C50H58N2O6S2/c1-8-10-15-35-16-12-17-38(32-35)36(21-27-45-50(6,7)48-42-33-39(60(56,57)58)23-19-37(42)20-25-43(48)51(45)29-9-2)22-28-46-49(4,5)47-41-18-11-14-34(3)40(41)24-26-44(47)52(46)30-13-31-59(53,54)55/h11-12,14,16-28,32-33,45H,8-10,13,15,29-31H2,1-7H3,(H,53,54,55)(H,56,57,58)/b27-21+,36-22-,46-28+. The molecular weight excluding hydrogens is 789 g/mol. The second-order valence-corrected chi connectivity index (χ2v) is 20.6. The van der Waals surface area contributed by atoms with Crippen molar-refractivity contribution in [3.05, 3.63) is 143 Å². The molecular formula is C50H58N2O6S2. The maximum Gasteiger partial charge on any atom is 0.294 e. The SMILES string of the molecule is CCCCc1cccc(C(=C\C=C2\N(CCCS(=O)(=O)O)c3ccc4c(C)cccc4c3C2(C)C)/C=C/C2N(CCC)c3ccc4ccc(S(=O)(=O)O)cc4c3C2(C)C)c1. The number of unbranched alkanes of at least 4 members (excludes halogenated alkanes) is 1. The van der Waals surface area contributed by atoms with Gasteiger partial charge in [-0.25, -0.2) is 0 Å². The Morgan fingerprint density at radius 3 is 2.22 bits per heavy atom. The smallest absolute Gasteiger partial charge is 0.294 e. The molecule has 2 N–H and O–H groups in total. The predicted octanol–water partition coefficient (Wildman–Crippen LogP) is 11.4. The summed E-state index contributed by atoms with van der Waals surface area (Å²) >= 11 is 0. The van der Waals surface area contributed by atoms with Crippen LogP contribution in [-0.4, -0.2) is 50.8 Å². The van der Waals surface area contributed by atoms with Crippen molar-refractivity contribution in [1.82, 2.24) is 0 Å². The first kappa shape index (κ1) is 43.4. The Balaban J connectivity index is 1.38. The van der Waals surface area contributed by atoms with Crippen LogP contribution in [0.3, 0.4) is 0 Å². The second kappa shape index (κ2) is 16.6. The topological polar surface area (TPSA) is 115 Å². The van der Waals surface area contributed by atoms with Gasteiger partial charge in [0.2, 0.25) is 0 Å². The highest BCUT2D eigenvalue weighted by molar-refractivity contribution is 7.86. The third-order valence-corrected chi connectivity index (χ3v) is 14.3. The largest absolute Gasteiger partial charge is 0.364 e. The summed E-state index contributed by atoms with van der Waals surface area (Å²) in [6.45, 7) is 16.6. The van der Waals surface area contributed by atoms with Crippen LogP contribution in [0.2, 0.25) is 0 Å². The van der Waals surface area contributed by atoms with Crippen molar-refractivity contribution >= 4 is 58.7 Å². The molecule has 10 heteroatoms. The highest BCUT2D eigenvalue weighted by atomic mass is 32.2. The predicted molar refractivity (Wildman–Crippen MR) is 249 cm³/mol. The van der Waals surface area contributed by atoms with Crippen molar-refractivity contribution < 1.29 is 25.9 Å². The van der Waals surface area contributed by atoms with E-state index in [-0.39, 0.29) is 23.1 Å². The highest BCUT2D eigenvalue weighted by Gasteiger charge is 2.44. The van der Waals surface area contributed by atoms with Crippen molar-refractivity contribution in [2.75, 3.05) is 28.6 Å². The highest BCUT2D eigenvalue weighted by Crippen LogP contribution is 2.52. The number of nitrogens with zero attached hydrogens (tertiary/aromatic N) is 2. The average molecular weight is 847 g/mol. The van der Waals surface area contributed by atoms with Crippen LogP contribution in [0.25, 0.3) is 27.1 Å². The maximum atomic E-state index is 12.3. The third kappa shape index (κ3) is 8.32. The minimum Gasteiger partial charge on any atom is -0.364 e. The Hall–Kier alpha value is -4.74. The fraction of sp³-hybridized carbons (Fsp3) is 0.360. The number of rotatable bonds is 14. The molecule has 0 aliphatic carbocycles. The minimum absolute atomic E-state index is 0.0783. The molecule has 7 rings (SSSR count). The number of aryl methyl sites for hydroxylation is 2. The Bertz CT molecular complexity index is 2780. The summed E-state index contributed by atoms with van der Waals surface area (Å²) in [6.07, 6.45) is 13.2. The molecule has 5 aromatic rings. The molecule has 2 aliphatic rings. The monoisotopic (exact) mass is 846 g/mol. The molecule has 0 bridgehead atoms. The lowest BCUT2D eigenvalue weighted by Gasteiger charge is -2.32. The first-order valence-corrected chi connectivity index (χ1v) is 24.2. The molecule has 0 saturated heterocycles. The molecule has 0 saturated carbocycles. The lowest BCUT2D eigenvalue weighted by molar-refractivity contribution is 0.476. The molecule has 1 unspecified atom stereocenters. The third-order valence-electron chi connectivity index (χ3n) is 12.6. The molecule has 2 heterocycles. The number of anilines is 2. The van der Waals surface area contributed by atoms with Crippen LogP contribution in [0.5, 0.6) is 0 Å². The number of allylic oxidation sites excluding steroid dienone is 5. The molecule has 316 valence electrons. The van der Waals surface area contributed by atoms with E-state index in [9.17, 15) is 25.9 Å². The minimum atomic E-state index is -4.40. The van der Waals surface area contributed by atoms with Gasteiger partial charge >= 0.3 is 0 Å². The first-order chi connectivity index (χ1) is 28.4. The maximum absolute atomic E-state index is 12.3. The van der Waals surface area contributed by atoms with Crippen LogP contribution < -0.4 is 9.80 Å². The van der Waals surface area contributed by atoms with Crippen molar-refractivity contribution in [2.24, 2.45) is 0 Å². The molecule has 0 spiro atoms. The fourth-order valence-electron chi connectivity index (χ4n) is 9.72. The summed E-state index contributed by atoms with van der Waals surface area (Å²) < 4.78 is 68.0. The number of hydrogen-bond donors (Lipinski definition) is 2. The zero-order valence-electron chi connectivity index (χ0n) is 35.9. The summed E-state index contributed by atoms with van der Waals surface area (Å²) in [6, 6.07) is 28.3. The summed E-state index contributed by atoms with van der Waals surface area (Å²) in [5.74, 6) is -0.326. The quantitative estimate of drug-likeness (QED) is 0.0839. The Morgan fingerprint density at radius 2 is 1.50 bits per heavy atom. The van der Waals surface area contributed by atoms with Gasteiger partial charge in [-0.05, 0) is 118 Å². The molecule has 0 amide bonds. The van der Waals surface area contributed by atoms with Crippen LogP contribution in [0.1, 0.15) is 95.0 Å². The van der Waals surface area contributed by atoms with E-state index in [0.717, 1.165) is 76.8 Å². The molecule has 8 nitrogen and oxygen atoms in total. The number of fused-ring (bicyclic) bond motifs is 6. The Labute approximate surface area is 356 Å². The van der Waals surface area contributed by atoms with E-state index in [0.29, 0.717) is 6.54 Å². The van der Waals surface area contributed by atoms with E-state index >= 15 is 0 Å². The molecule has 5 aromatic carbocycles. The lowest BCUT2D eigenvalue weighted by atomic mass is 9.78. The van der Waals surface area contributed by atoms with Crippen LogP contribution >= 0.6 is 0 Å². The van der Waals surface area contributed by atoms with Crippen LogP contribution in [0, 0.1) is 6.92 Å². The lowest BCUT2D eigenvalue weighted by Crippen LogP contribution is -2.40. The van der Waals surface area contributed by atoms with Gasteiger partial charge in [0.05, 0.1) is 16.7 Å². The van der Waals surface area contributed by atoms with Gasteiger partial charge in [-0.2, -0.15) is 16.8 Å². The second-order valence-electron chi connectivity index (χ2n) is 17.6. The fourth-order valence-corrected chi connectivity index (χ4v) is 10.7. The Kier molecular flexibility index (Phi) is 12.0. The molecule has 60 heavy (non-hydrogen) atoms. The summed E-state index contributed by atoms with van der Waals surface area (Å²) in [5.41, 5.74) is 9.06. The van der Waals surface area contributed by atoms with E-state index < -0.39 is 31.1 Å². The summed E-state index contributed by atoms with van der Waals surface area (Å²) in [7, 11) is -8.53. The normalized spacial score (nSPS) is 18.3. The van der Waals surface area contributed by atoms with E-state index in [4.69, 9.17) is 0 Å². The van der Waals surface area contributed by atoms with Gasteiger partial charge in [0, 0.05) is 41.0 Å². The van der Waals surface area contributed by atoms with Crippen molar-refractivity contribution in [3.63, 3.8) is 0 Å². The van der Waals surface area contributed by atoms with Crippen molar-refractivity contribution in [1.29, 1.82) is 0 Å². The zero-order valence-corrected chi connectivity index (χ0v) is 37.5. The van der Waals surface area contributed by atoms with Gasteiger partial charge in [0.1, 0.15) is 0 Å². The van der Waals surface area contributed by atoms with Gasteiger partial charge in [-0.3, -0.25) is 9.11 Å². The van der Waals surface area contributed by atoms with E-state index in [1.54, 1.807) is 12.1 Å². The first-order valence-electron chi connectivity index (χ1n) is 21.1. The van der Waals surface area contributed by atoms with E-state index in [1.165, 1.54) is 33.5 Å². The van der Waals surface area contributed by atoms with E-state index in [2.05, 4.69) is 143 Å². The molecule has 0 fully saturated rings. The molecule has 0 aromatic heterocycles. The summed E-state index contributed by atoms with van der Waals surface area (Å²) in [4.78, 5) is 4.53. The van der Waals surface area contributed by atoms with Gasteiger partial charge in [-0.1, -0.05) is 127 Å². The van der Waals surface area contributed by atoms with Crippen LogP contribution in [0.15, 0.2) is 120 Å². The number of hydrogen-bond acceptors (Lipinski definition) is 6. The average Bonchev–Trinajstić information content (AvgIpc) is 3.54. The molecule has 2 aliphatic heterocycles. The van der Waals surface area contributed by atoms with Crippen LogP contribution in [-0.2, 0) is 37.5 Å². The van der Waals surface area contributed by atoms with Gasteiger partial charge in [0.25, 0.3) is 20.2 Å². The van der Waals surface area contributed by atoms with Gasteiger partial charge < -0.3 is 9.80 Å². The Morgan fingerprint density at radius 1 is 0.767 bits per heavy atom. The molecule has 1 atom stereocenters. The number of benzene rings is 5. The van der Waals surface area contributed by atoms with Crippen LogP contribution in [0.4, 0.5) is 11.4 Å². The van der Waals surface area contributed by atoms with Gasteiger partial charge in [0.15, 0.2) is 0 Å².